The molecule has 0 atom stereocenters. The van der Waals surface area contributed by atoms with Crippen LogP contribution < -0.4 is 0 Å². The van der Waals surface area contributed by atoms with Gasteiger partial charge in [-0.15, -0.1) is 0 Å². The van der Waals surface area contributed by atoms with E-state index in [0.29, 0.717) is 0 Å². The highest BCUT2D eigenvalue weighted by Crippen LogP contribution is 2.38. The summed E-state index contributed by atoms with van der Waals surface area (Å²) >= 11 is 0. The summed E-state index contributed by atoms with van der Waals surface area (Å²) in [5.41, 5.74) is 17.2. The number of pyridine rings is 1. The molecule has 2 heteroatoms. The van der Waals surface area contributed by atoms with Crippen molar-refractivity contribution in [2.45, 2.75) is 12.8 Å². The van der Waals surface area contributed by atoms with Crippen LogP contribution in [0.1, 0.15) is 18.4 Å². The number of hydrogen-bond donors (Lipinski definition) is 0. The molecule has 0 radical (unpaired) electrons. The fourth-order valence-electron chi connectivity index (χ4n) is 8.01. The zero-order valence-electron chi connectivity index (χ0n) is 30.4. The number of nitrogens with zero attached hydrogens (tertiary/aromatic N) is 2. The van der Waals surface area contributed by atoms with Crippen molar-refractivity contribution < 1.29 is 0 Å². The Labute approximate surface area is 322 Å². The third-order valence-electron chi connectivity index (χ3n) is 10.8. The summed E-state index contributed by atoms with van der Waals surface area (Å²) in [6.45, 7) is 0. The molecule has 0 fully saturated rings. The molecule has 10 rings (SSSR count). The van der Waals surface area contributed by atoms with Gasteiger partial charge < -0.3 is 4.57 Å². The lowest BCUT2D eigenvalue weighted by Gasteiger charge is -2.13. The first-order chi connectivity index (χ1) is 27.2. The number of aromatic nitrogens is 2. The predicted octanol–water partition coefficient (Wildman–Crippen LogP) is 14.2. The molecule has 260 valence electrons. The number of fused-ring (bicyclic) bond motifs is 3. The molecule has 0 unspecified atom stereocenters. The Hall–Kier alpha value is -7.03. The monoisotopic (exact) mass is 702 g/mol. The summed E-state index contributed by atoms with van der Waals surface area (Å²) in [7, 11) is 0. The van der Waals surface area contributed by atoms with Gasteiger partial charge in [0.15, 0.2) is 0 Å². The van der Waals surface area contributed by atoms with Crippen molar-refractivity contribution in [3.8, 4) is 61.6 Å². The molecule has 0 saturated heterocycles. The first-order valence-electron chi connectivity index (χ1n) is 19.1. The van der Waals surface area contributed by atoms with E-state index in [0.717, 1.165) is 52.2 Å². The molecule has 1 aliphatic rings. The molecule has 7 aromatic carbocycles. The molecule has 0 amide bonds. The lowest BCUT2D eigenvalue weighted by molar-refractivity contribution is 1.04. The van der Waals surface area contributed by atoms with Gasteiger partial charge >= 0.3 is 0 Å². The van der Waals surface area contributed by atoms with Gasteiger partial charge in [0.2, 0.25) is 0 Å². The van der Waals surface area contributed by atoms with Gasteiger partial charge in [0, 0.05) is 27.6 Å². The van der Waals surface area contributed by atoms with E-state index in [1.807, 2.05) is 0 Å². The molecule has 0 aliphatic heterocycles. The van der Waals surface area contributed by atoms with Crippen LogP contribution in [0.25, 0.3) is 89.0 Å². The van der Waals surface area contributed by atoms with Crippen LogP contribution >= 0.6 is 0 Å². The molecule has 0 bridgehead atoms. The van der Waals surface area contributed by atoms with Crippen molar-refractivity contribution in [3.05, 3.63) is 212 Å². The fraction of sp³-hybridized carbons (Fsp3) is 0.0377. The van der Waals surface area contributed by atoms with Crippen LogP contribution in [0.15, 0.2) is 206 Å². The minimum absolute atomic E-state index is 0.941. The SMILES string of the molecule is C1=CC(c2ccc3c(c2)c2cc(-c4ccccc4)ccc2n3-c2cccc(-c3cc(-c4ccc(-c5ccccc5)cc4)cc(-c4ccccc4)n3)c2)=CCC1. The second kappa shape index (κ2) is 14.1. The molecule has 9 aromatic rings. The van der Waals surface area contributed by atoms with Gasteiger partial charge in [-0.3, -0.25) is 0 Å². The number of benzene rings is 7. The van der Waals surface area contributed by atoms with Crippen molar-refractivity contribution >= 4 is 27.4 Å². The van der Waals surface area contributed by atoms with Gasteiger partial charge in [0.25, 0.3) is 0 Å². The second-order valence-corrected chi connectivity index (χ2v) is 14.3. The minimum Gasteiger partial charge on any atom is -0.309 e. The Morgan fingerprint density at radius 2 is 0.873 bits per heavy atom. The number of allylic oxidation sites excluding steroid dienone is 4. The Morgan fingerprint density at radius 1 is 0.364 bits per heavy atom. The van der Waals surface area contributed by atoms with E-state index in [1.54, 1.807) is 0 Å². The van der Waals surface area contributed by atoms with E-state index in [-0.39, 0.29) is 0 Å². The lowest BCUT2D eigenvalue weighted by Crippen LogP contribution is -1.96. The maximum absolute atomic E-state index is 5.30. The summed E-state index contributed by atoms with van der Waals surface area (Å²) in [4.78, 5) is 5.30. The predicted molar refractivity (Wildman–Crippen MR) is 232 cm³/mol. The topological polar surface area (TPSA) is 17.8 Å². The Kier molecular flexibility index (Phi) is 8.35. The first kappa shape index (κ1) is 32.6. The van der Waals surface area contributed by atoms with Crippen molar-refractivity contribution in [2.75, 3.05) is 0 Å². The quantitative estimate of drug-likeness (QED) is 0.162. The summed E-state index contributed by atoms with van der Waals surface area (Å²) < 4.78 is 2.42. The normalized spacial score (nSPS) is 12.6. The lowest BCUT2D eigenvalue weighted by atomic mass is 9.97. The van der Waals surface area contributed by atoms with E-state index in [9.17, 15) is 0 Å². The van der Waals surface area contributed by atoms with E-state index in [4.69, 9.17) is 4.98 Å². The molecule has 55 heavy (non-hydrogen) atoms. The highest BCUT2D eigenvalue weighted by atomic mass is 15.0. The second-order valence-electron chi connectivity index (χ2n) is 14.3. The van der Waals surface area contributed by atoms with Gasteiger partial charge in [0.1, 0.15) is 0 Å². The van der Waals surface area contributed by atoms with Gasteiger partial charge in [-0.25, -0.2) is 4.98 Å². The van der Waals surface area contributed by atoms with E-state index >= 15 is 0 Å². The van der Waals surface area contributed by atoms with Crippen LogP contribution in [0.2, 0.25) is 0 Å². The van der Waals surface area contributed by atoms with Crippen LogP contribution in [0.5, 0.6) is 0 Å². The van der Waals surface area contributed by atoms with Crippen LogP contribution in [0.3, 0.4) is 0 Å². The summed E-state index contributed by atoms with van der Waals surface area (Å²) in [6.07, 6.45) is 9.10. The van der Waals surface area contributed by atoms with Gasteiger partial charge in [-0.1, -0.05) is 158 Å². The average molecular weight is 703 g/mol. The maximum atomic E-state index is 5.30. The highest BCUT2D eigenvalue weighted by Gasteiger charge is 2.17. The highest BCUT2D eigenvalue weighted by molar-refractivity contribution is 6.11. The molecule has 2 nitrogen and oxygen atoms in total. The van der Waals surface area contributed by atoms with Gasteiger partial charge in [0.05, 0.1) is 22.4 Å². The zero-order chi connectivity index (χ0) is 36.6. The molecule has 2 aromatic heterocycles. The van der Waals surface area contributed by atoms with Crippen molar-refractivity contribution in [1.29, 1.82) is 0 Å². The molecule has 2 heterocycles. The molecular formula is C53H38N2. The van der Waals surface area contributed by atoms with Gasteiger partial charge in [-0.2, -0.15) is 0 Å². The summed E-state index contributed by atoms with van der Waals surface area (Å²) in [6, 6.07) is 67.8. The van der Waals surface area contributed by atoms with Crippen LogP contribution in [0.4, 0.5) is 0 Å². The van der Waals surface area contributed by atoms with E-state index < -0.39 is 0 Å². The molecule has 0 spiro atoms. The standard InChI is InChI=1S/C53H38N2/c1-5-14-37(15-6-1)40-24-26-41(27-25-40)46-35-50(42-20-11-4-12-21-42)54-51(36-46)45-22-13-23-47(32-45)55-52-30-28-43(38-16-7-2-8-17-38)33-48(52)49-34-44(29-31-53(49)55)39-18-9-3-10-19-39/h1-2,4-9,11-36H,3,10H2. The van der Waals surface area contributed by atoms with Crippen molar-refractivity contribution in [1.82, 2.24) is 9.55 Å². The Balaban J connectivity index is 1.12. The third-order valence-corrected chi connectivity index (χ3v) is 10.8. The largest absolute Gasteiger partial charge is 0.309 e. The minimum atomic E-state index is 0.941. The van der Waals surface area contributed by atoms with E-state index in [2.05, 4.69) is 211 Å². The first-order valence-corrected chi connectivity index (χ1v) is 19.1. The number of rotatable bonds is 7. The Morgan fingerprint density at radius 3 is 1.51 bits per heavy atom. The van der Waals surface area contributed by atoms with Gasteiger partial charge in [-0.05, 0) is 106 Å². The van der Waals surface area contributed by atoms with Crippen LogP contribution in [-0.4, -0.2) is 9.55 Å². The zero-order valence-corrected chi connectivity index (χ0v) is 30.4. The molecule has 1 aliphatic carbocycles. The smallest absolute Gasteiger partial charge is 0.0716 e. The molecule has 0 N–H and O–H groups in total. The Bertz CT molecular complexity index is 2880. The average Bonchev–Trinajstić information content (AvgIpc) is 3.60. The van der Waals surface area contributed by atoms with Crippen LogP contribution in [-0.2, 0) is 0 Å². The summed E-state index contributed by atoms with van der Waals surface area (Å²) in [5, 5.41) is 2.50. The van der Waals surface area contributed by atoms with Crippen molar-refractivity contribution in [3.63, 3.8) is 0 Å². The maximum Gasteiger partial charge on any atom is 0.0716 e. The third kappa shape index (κ3) is 6.28. The molecule has 0 saturated carbocycles. The van der Waals surface area contributed by atoms with E-state index in [1.165, 1.54) is 55.2 Å². The molecular weight excluding hydrogens is 665 g/mol. The summed E-state index contributed by atoms with van der Waals surface area (Å²) in [5.74, 6) is 0. The van der Waals surface area contributed by atoms with Crippen molar-refractivity contribution in [2.24, 2.45) is 0 Å². The number of hydrogen-bond acceptors (Lipinski definition) is 1. The van der Waals surface area contributed by atoms with Crippen LogP contribution in [0, 0.1) is 0 Å². The fourth-order valence-corrected chi connectivity index (χ4v) is 8.01.